The van der Waals surface area contributed by atoms with Gasteiger partial charge in [0.1, 0.15) is 0 Å². The van der Waals surface area contributed by atoms with E-state index in [-0.39, 0.29) is 18.5 Å². The summed E-state index contributed by atoms with van der Waals surface area (Å²) >= 11 is 0. The summed E-state index contributed by atoms with van der Waals surface area (Å²) in [6.07, 6.45) is -13.1. The summed E-state index contributed by atoms with van der Waals surface area (Å²) in [5, 5.41) is 0. The smallest absolute Gasteiger partial charge is 0.292 e. The Hall–Kier alpha value is -2.23. The Balaban J connectivity index is 2.03. The first-order valence-corrected chi connectivity index (χ1v) is 9.46. The van der Waals surface area contributed by atoms with Gasteiger partial charge in [-0.1, -0.05) is 24.6 Å². The van der Waals surface area contributed by atoms with Crippen molar-refractivity contribution < 1.29 is 39.5 Å². The first-order valence-electron chi connectivity index (χ1n) is 9.46. The van der Waals surface area contributed by atoms with Crippen molar-refractivity contribution in [1.29, 1.82) is 0 Å². The summed E-state index contributed by atoms with van der Waals surface area (Å²) in [5.74, 6) is 0. The van der Waals surface area contributed by atoms with Gasteiger partial charge in [-0.25, -0.2) is 0 Å². The average Bonchev–Trinajstić information content (AvgIpc) is 2.66. The molecule has 1 aliphatic heterocycles. The summed E-state index contributed by atoms with van der Waals surface area (Å²) < 4.78 is 120. The van der Waals surface area contributed by atoms with Crippen LogP contribution in [-0.4, -0.2) is 11.4 Å². The molecule has 0 unspecified atom stereocenters. The molecule has 10 heteroatoms. The SMILES string of the molecule is FC(F)(F)c1ccc(C(F)(F)F)c(CN2CCCC[C@@H]2c2ccccc2C(F)(F)F)c1. The number of rotatable bonds is 3. The van der Waals surface area contributed by atoms with Crippen LogP contribution in [0.1, 0.15) is 53.1 Å². The van der Waals surface area contributed by atoms with Gasteiger partial charge in [-0.05, 0) is 54.8 Å². The zero-order valence-electron chi connectivity index (χ0n) is 16.0. The Morgan fingerprint density at radius 2 is 1.39 bits per heavy atom. The molecule has 31 heavy (non-hydrogen) atoms. The highest BCUT2D eigenvalue weighted by Crippen LogP contribution is 2.42. The highest BCUT2D eigenvalue weighted by molar-refractivity contribution is 5.37. The Bertz CT molecular complexity index is 912. The first-order chi connectivity index (χ1) is 14.3. The molecule has 1 heterocycles. The lowest BCUT2D eigenvalue weighted by molar-refractivity contribution is -0.142. The minimum absolute atomic E-state index is 0.0877. The zero-order chi connectivity index (χ0) is 23.0. The van der Waals surface area contributed by atoms with Crippen molar-refractivity contribution in [2.45, 2.75) is 50.4 Å². The second-order valence-electron chi connectivity index (χ2n) is 7.43. The predicted octanol–water partition coefficient (Wildman–Crippen LogP) is 7.47. The number of benzene rings is 2. The number of hydrogen-bond donors (Lipinski definition) is 0. The van der Waals surface area contributed by atoms with E-state index >= 15 is 0 Å². The van der Waals surface area contributed by atoms with E-state index in [1.807, 2.05) is 0 Å². The maximum Gasteiger partial charge on any atom is 0.416 e. The molecule has 0 aromatic heterocycles. The molecule has 0 aliphatic carbocycles. The maximum absolute atomic E-state index is 13.5. The van der Waals surface area contributed by atoms with Gasteiger partial charge in [-0.2, -0.15) is 39.5 Å². The lowest BCUT2D eigenvalue weighted by Gasteiger charge is -2.37. The minimum atomic E-state index is -4.89. The van der Waals surface area contributed by atoms with E-state index in [1.54, 1.807) is 0 Å². The van der Waals surface area contributed by atoms with Crippen LogP contribution in [-0.2, 0) is 25.1 Å². The Morgan fingerprint density at radius 1 is 0.742 bits per heavy atom. The standard InChI is InChI=1S/C21H18F9N/c22-19(23,24)14-8-9-16(20(25,26)27)13(11-14)12-31-10-4-3-7-18(31)15-5-1-2-6-17(15)21(28,29)30/h1-2,5-6,8-9,11,18H,3-4,7,10,12H2/t18-/m1/s1. The van der Waals surface area contributed by atoms with E-state index < -0.39 is 53.4 Å². The molecule has 2 aromatic carbocycles. The molecular formula is C21H18F9N. The Kier molecular flexibility index (Phi) is 6.32. The molecule has 0 amide bonds. The van der Waals surface area contributed by atoms with Crippen molar-refractivity contribution >= 4 is 0 Å². The lowest BCUT2D eigenvalue weighted by atomic mass is 9.90. The Labute approximate surface area is 172 Å². The fourth-order valence-corrected chi connectivity index (χ4v) is 3.97. The van der Waals surface area contributed by atoms with E-state index in [1.165, 1.54) is 23.1 Å². The van der Waals surface area contributed by atoms with Crippen LogP contribution < -0.4 is 0 Å². The molecule has 170 valence electrons. The topological polar surface area (TPSA) is 3.24 Å². The number of likely N-dealkylation sites (tertiary alicyclic amines) is 1. The number of nitrogens with zero attached hydrogens (tertiary/aromatic N) is 1. The third-order valence-corrected chi connectivity index (χ3v) is 5.35. The normalized spacial score (nSPS) is 18.9. The van der Waals surface area contributed by atoms with E-state index in [9.17, 15) is 39.5 Å². The van der Waals surface area contributed by atoms with Crippen molar-refractivity contribution in [3.63, 3.8) is 0 Å². The van der Waals surface area contributed by atoms with Gasteiger partial charge in [0.05, 0.1) is 16.7 Å². The van der Waals surface area contributed by atoms with Crippen LogP contribution in [0.25, 0.3) is 0 Å². The molecule has 1 saturated heterocycles. The highest BCUT2D eigenvalue weighted by Gasteiger charge is 2.40. The number of halogens is 9. The molecule has 0 bridgehead atoms. The van der Waals surface area contributed by atoms with Gasteiger partial charge in [-0.3, -0.25) is 4.90 Å². The van der Waals surface area contributed by atoms with Gasteiger partial charge >= 0.3 is 18.5 Å². The largest absolute Gasteiger partial charge is 0.416 e. The molecule has 0 spiro atoms. The van der Waals surface area contributed by atoms with E-state index in [0.29, 0.717) is 31.0 Å². The number of hydrogen-bond acceptors (Lipinski definition) is 1. The maximum atomic E-state index is 13.5. The summed E-state index contributed by atoms with van der Waals surface area (Å²) in [5.41, 5.74) is -4.06. The molecule has 0 saturated carbocycles. The van der Waals surface area contributed by atoms with E-state index in [4.69, 9.17) is 0 Å². The van der Waals surface area contributed by atoms with Gasteiger partial charge in [0.15, 0.2) is 0 Å². The molecule has 1 nitrogen and oxygen atoms in total. The monoisotopic (exact) mass is 455 g/mol. The van der Waals surface area contributed by atoms with Crippen LogP contribution in [0.15, 0.2) is 42.5 Å². The molecule has 1 fully saturated rings. The minimum Gasteiger partial charge on any atom is -0.292 e. The van der Waals surface area contributed by atoms with Crippen LogP contribution in [0.2, 0.25) is 0 Å². The van der Waals surface area contributed by atoms with Crippen molar-refractivity contribution in [2.24, 2.45) is 0 Å². The summed E-state index contributed by atoms with van der Waals surface area (Å²) in [4.78, 5) is 1.40. The summed E-state index contributed by atoms with van der Waals surface area (Å²) in [7, 11) is 0. The second-order valence-corrected chi connectivity index (χ2v) is 7.43. The van der Waals surface area contributed by atoms with Crippen LogP contribution in [0, 0.1) is 0 Å². The highest BCUT2D eigenvalue weighted by atomic mass is 19.4. The van der Waals surface area contributed by atoms with Crippen molar-refractivity contribution in [2.75, 3.05) is 6.54 Å². The quantitative estimate of drug-likeness (QED) is 0.434. The molecular weight excluding hydrogens is 437 g/mol. The molecule has 0 N–H and O–H groups in total. The third kappa shape index (κ3) is 5.34. The summed E-state index contributed by atoms with van der Waals surface area (Å²) in [6.45, 7) is -0.375. The van der Waals surface area contributed by atoms with Crippen LogP contribution >= 0.6 is 0 Å². The van der Waals surface area contributed by atoms with Crippen LogP contribution in [0.4, 0.5) is 39.5 Å². The molecule has 2 aromatic rings. The van der Waals surface area contributed by atoms with Gasteiger partial charge in [0, 0.05) is 12.6 Å². The van der Waals surface area contributed by atoms with Gasteiger partial charge in [0.2, 0.25) is 0 Å². The van der Waals surface area contributed by atoms with Crippen LogP contribution in [0.5, 0.6) is 0 Å². The molecule has 1 aliphatic rings. The van der Waals surface area contributed by atoms with Crippen molar-refractivity contribution in [1.82, 2.24) is 4.90 Å². The predicted molar refractivity (Wildman–Crippen MR) is 94.9 cm³/mol. The van der Waals surface area contributed by atoms with E-state index in [0.717, 1.165) is 6.07 Å². The third-order valence-electron chi connectivity index (χ3n) is 5.35. The van der Waals surface area contributed by atoms with Crippen LogP contribution in [0.3, 0.4) is 0 Å². The number of alkyl halides is 9. The fourth-order valence-electron chi connectivity index (χ4n) is 3.97. The van der Waals surface area contributed by atoms with E-state index in [2.05, 4.69) is 0 Å². The van der Waals surface area contributed by atoms with Gasteiger partial charge in [-0.15, -0.1) is 0 Å². The lowest BCUT2D eigenvalue weighted by Crippen LogP contribution is -2.35. The fraction of sp³-hybridized carbons (Fsp3) is 0.429. The van der Waals surface area contributed by atoms with Gasteiger partial charge < -0.3 is 0 Å². The summed E-state index contributed by atoms with van der Waals surface area (Å²) in [6, 6.07) is 5.10. The zero-order valence-corrected chi connectivity index (χ0v) is 16.0. The first kappa shape index (κ1) is 23.4. The average molecular weight is 455 g/mol. The molecule has 1 atom stereocenters. The van der Waals surface area contributed by atoms with Crippen molar-refractivity contribution in [3.05, 3.63) is 70.3 Å². The van der Waals surface area contributed by atoms with Crippen molar-refractivity contribution in [3.8, 4) is 0 Å². The second kappa shape index (κ2) is 8.37. The molecule has 3 rings (SSSR count). The Morgan fingerprint density at radius 3 is 2.00 bits per heavy atom. The van der Waals surface area contributed by atoms with Gasteiger partial charge in [0.25, 0.3) is 0 Å². The number of piperidine rings is 1. The molecule has 0 radical (unpaired) electrons.